The van der Waals surface area contributed by atoms with Crippen molar-refractivity contribution in [3.63, 3.8) is 0 Å². The fourth-order valence-electron chi connectivity index (χ4n) is 1.68. The number of hydrogen-bond donors (Lipinski definition) is 1. The molecular weight excluding hydrogens is 244 g/mol. The van der Waals surface area contributed by atoms with E-state index >= 15 is 0 Å². The molecule has 1 aromatic carbocycles. The van der Waals surface area contributed by atoms with Crippen LogP contribution in [0.2, 0.25) is 0 Å². The fraction of sp³-hybridized carbons (Fsp3) is 0.214. The number of hydrogen-bond acceptors (Lipinski definition) is 4. The van der Waals surface area contributed by atoms with E-state index in [2.05, 4.69) is 10.2 Å². The second kappa shape index (κ2) is 5.06. The molecule has 0 fully saturated rings. The van der Waals surface area contributed by atoms with Crippen LogP contribution in [0.25, 0.3) is 6.08 Å². The Labute approximate surface area is 110 Å². The Balaban J connectivity index is 2.29. The van der Waals surface area contributed by atoms with E-state index in [0.29, 0.717) is 5.89 Å². The van der Waals surface area contributed by atoms with E-state index < -0.39 is 11.4 Å². The van der Waals surface area contributed by atoms with E-state index in [4.69, 9.17) is 9.52 Å². The van der Waals surface area contributed by atoms with Gasteiger partial charge in [0.2, 0.25) is 11.8 Å². The summed E-state index contributed by atoms with van der Waals surface area (Å²) < 4.78 is 5.48. The Kier molecular flexibility index (Phi) is 3.46. The summed E-state index contributed by atoms with van der Waals surface area (Å²) in [6.07, 6.45) is 2.24. The topological polar surface area (TPSA) is 76.2 Å². The maximum Gasteiger partial charge on any atom is 0.328 e. The lowest BCUT2D eigenvalue weighted by Crippen LogP contribution is -2.19. The number of benzene rings is 1. The third-order valence-corrected chi connectivity index (χ3v) is 2.84. The molecule has 5 nitrogen and oxygen atoms in total. The summed E-state index contributed by atoms with van der Waals surface area (Å²) in [5.41, 5.74) is 0.622. The molecule has 0 radical (unpaired) electrons. The summed E-state index contributed by atoms with van der Waals surface area (Å²) in [4.78, 5) is 10.4. The van der Waals surface area contributed by atoms with Crippen molar-refractivity contribution in [2.45, 2.75) is 19.3 Å². The molecule has 0 atom stereocenters. The van der Waals surface area contributed by atoms with Gasteiger partial charge in [-0.15, -0.1) is 10.2 Å². The molecule has 98 valence electrons. The van der Waals surface area contributed by atoms with Gasteiger partial charge >= 0.3 is 5.97 Å². The predicted octanol–water partition coefficient (Wildman–Crippen LogP) is 2.49. The van der Waals surface area contributed by atoms with E-state index in [-0.39, 0.29) is 5.89 Å². The second-order valence-electron chi connectivity index (χ2n) is 4.61. The third-order valence-electron chi connectivity index (χ3n) is 2.84. The monoisotopic (exact) mass is 258 g/mol. The first kappa shape index (κ1) is 13.0. The standard InChI is InChI=1S/C14H14N2O3/c1-14(2,10-6-4-3-5-7-10)13-16-15-11(19-13)8-9-12(17)18/h3-9H,1-2H3,(H,17,18)/b9-8+. The average Bonchev–Trinajstić information content (AvgIpc) is 2.87. The van der Waals surface area contributed by atoms with Gasteiger partial charge in [0.15, 0.2) is 0 Å². The summed E-state index contributed by atoms with van der Waals surface area (Å²) in [7, 11) is 0. The number of aromatic nitrogens is 2. The highest BCUT2D eigenvalue weighted by Crippen LogP contribution is 2.30. The second-order valence-corrected chi connectivity index (χ2v) is 4.61. The molecular formula is C14H14N2O3. The van der Waals surface area contributed by atoms with Gasteiger partial charge in [0.25, 0.3) is 0 Å². The van der Waals surface area contributed by atoms with Crippen LogP contribution >= 0.6 is 0 Å². The first-order valence-electron chi connectivity index (χ1n) is 5.80. The summed E-state index contributed by atoms with van der Waals surface area (Å²) in [6.45, 7) is 3.95. The van der Waals surface area contributed by atoms with Crippen LogP contribution in [0.1, 0.15) is 31.2 Å². The van der Waals surface area contributed by atoms with Crippen molar-refractivity contribution >= 4 is 12.0 Å². The van der Waals surface area contributed by atoms with Crippen LogP contribution in [-0.2, 0) is 10.2 Å². The van der Waals surface area contributed by atoms with Gasteiger partial charge in [0, 0.05) is 12.2 Å². The Morgan fingerprint density at radius 2 is 1.95 bits per heavy atom. The zero-order valence-electron chi connectivity index (χ0n) is 10.7. The normalized spacial score (nSPS) is 11.9. The van der Waals surface area contributed by atoms with Crippen molar-refractivity contribution in [1.82, 2.24) is 10.2 Å². The highest BCUT2D eigenvalue weighted by molar-refractivity contribution is 5.84. The zero-order valence-corrected chi connectivity index (χ0v) is 10.7. The first-order valence-corrected chi connectivity index (χ1v) is 5.80. The highest BCUT2D eigenvalue weighted by Gasteiger charge is 2.29. The summed E-state index contributed by atoms with van der Waals surface area (Å²) in [5, 5.41) is 16.3. The van der Waals surface area contributed by atoms with Crippen LogP contribution < -0.4 is 0 Å². The maximum absolute atomic E-state index is 10.4. The van der Waals surface area contributed by atoms with Crippen molar-refractivity contribution in [3.8, 4) is 0 Å². The van der Waals surface area contributed by atoms with E-state index in [1.165, 1.54) is 6.08 Å². The summed E-state index contributed by atoms with van der Waals surface area (Å²) in [5.74, 6) is -0.424. The predicted molar refractivity (Wildman–Crippen MR) is 69.5 cm³/mol. The van der Waals surface area contributed by atoms with Gasteiger partial charge in [0.1, 0.15) is 0 Å². The van der Waals surface area contributed by atoms with Gasteiger partial charge in [-0.25, -0.2) is 4.79 Å². The minimum atomic E-state index is -1.05. The molecule has 0 unspecified atom stereocenters. The smallest absolute Gasteiger partial charge is 0.328 e. The molecule has 0 aliphatic rings. The highest BCUT2D eigenvalue weighted by atomic mass is 16.4. The average molecular weight is 258 g/mol. The van der Waals surface area contributed by atoms with E-state index in [1.54, 1.807) is 0 Å². The van der Waals surface area contributed by atoms with Gasteiger partial charge in [-0.3, -0.25) is 0 Å². The Morgan fingerprint density at radius 3 is 2.58 bits per heavy atom. The van der Waals surface area contributed by atoms with Crippen LogP contribution in [0, 0.1) is 0 Å². The van der Waals surface area contributed by atoms with Gasteiger partial charge in [-0.1, -0.05) is 30.3 Å². The van der Waals surface area contributed by atoms with Crippen molar-refractivity contribution in [3.05, 3.63) is 53.8 Å². The Bertz CT molecular complexity index is 600. The number of carboxylic acids is 1. The minimum absolute atomic E-state index is 0.182. The molecule has 19 heavy (non-hydrogen) atoms. The summed E-state index contributed by atoms with van der Waals surface area (Å²) in [6, 6.07) is 9.79. The number of nitrogens with zero attached hydrogens (tertiary/aromatic N) is 2. The molecule has 0 amide bonds. The molecule has 1 heterocycles. The van der Waals surface area contributed by atoms with Gasteiger partial charge in [-0.2, -0.15) is 0 Å². The largest absolute Gasteiger partial charge is 0.478 e. The summed E-state index contributed by atoms with van der Waals surface area (Å²) >= 11 is 0. The Hall–Kier alpha value is -2.43. The maximum atomic E-state index is 10.4. The third kappa shape index (κ3) is 2.88. The van der Waals surface area contributed by atoms with Crippen LogP contribution in [0.3, 0.4) is 0 Å². The molecule has 0 aliphatic heterocycles. The molecule has 1 aromatic heterocycles. The van der Waals surface area contributed by atoms with Crippen molar-refractivity contribution in [1.29, 1.82) is 0 Å². The van der Waals surface area contributed by atoms with Crippen molar-refractivity contribution in [2.75, 3.05) is 0 Å². The molecule has 0 saturated heterocycles. The molecule has 0 spiro atoms. The van der Waals surface area contributed by atoms with Crippen LogP contribution in [0.4, 0.5) is 0 Å². The van der Waals surface area contributed by atoms with Crippen LogP contribution in [0.15, 0.2) is 40.8 Å². The molecule has 0 saturated carbocycles. The lowest BCUT2D eigenvalue weighted by Gasteiger charge is -2.20. The SMILES string of the molecule is CC(C)(c1ccccc1)c1nnc(/C=C/C(=O)O)o1. The van der Waals surface area contributed by atoms with E-state index in [9.17, 15) is 4.79 Å². The molecule has 2 aromatic rings. The van der Waals surface area contributed by atoms with Crippen molar-refractivity contribution < 1.29 is 14.3 Å². The molecule has 0 bridgehead atoms. The number of carbonyl (C=O) groups is 1. The van der Waals surface area contributed by atoms with Crippen molar-refractivity contribution in [2.24, 2.45) is 0 Å². The first-order chi connectivity index (χ1) is 9.00. The number of rotatable bonds is 4. The van der Waals surface area contributed by atoms with Gasteiger partial charge in [-0.05, 0) is 19.4 Å². The van der Waals surface area contributed by atoms with Crippen LogP contribution in [-0.4, -0.2) is 21.3 Å². The molecule has 1 N–H and O–H groups in total. The molecule has 0 aliphatic carbocycles. The van der Waals surface area contributed by atoms with E-state index in [0.717, 1.165) is 11.6 Å². The lowest BCUT2D eigenvalue weighted by atomic mass is 9.85. The van der Waals surface area contributed by atoms with E-state index in [1.807, 2.05) is 44.2 Å². The van der Waals surface area contributed by atoms with Gasteiger partial charge < -0.3 is 9.52 Å². The zero-order chi connectivity index (χ0) is 13.9. The molecule has 2 rings (SSSR count). The number of carboxylic acid groups (broad SMARTS) is 1. The minimum Gasteiger partial charge on any atom is -0.478 e. The molecule has 5 heteroatoms. The fourth-order valence-corrected chi connectivity index (χ4v) is 1.68. The lowest BCUT2D eigenvalue weighted by molar-refractivity contribution is -0.131. The Morgan fingerprint density at radius 1 is 1.26 bits per heavy atom. The van der Waals surface area contributed by atoms with Crippen LogP contribution in [0.5, 0.6) is 0 Å². The van der Waals surface area contributed by atoms with Gasteiger partial charge in [0.05, 0.1) is 5.41 Å². The quantitative estimate of drug-likeness (QED) is 0.852. The number of aliphatic carboxylic acids is 1.